The molecule has 0 aliphatic heterocycles. The lowest BCUT2D eigenvalue weighted by Gasteiger charge is -2.07. The molecule has 6 nitrogen and oxygen atoms in total. The first-order valence-corrected chi connectivity index (χ1v) is 8.87. The minimum atomic E-state index is -3.28. The van der Waals surface area contributed by atoms with Crippen LogP contribution in [0.25, 0.3) is 0 Å². The summed E-state index contributed by atoms with van der Waals surface area (Å²) in [6.07, 6.45) is 5.04. The van der Waals surface area contributed by atoms with Crippen molar-refractivity contribution in [3.63, 3.8) is 0 Å². The standard InChI is InChI=1S/C13H26N4O2S/c1-4-8-14-9-6-7-10-20(18,19)16-13-11-17(3)15-12(13)5-2/h11,14,16H,4-10H2,1-3H3. The van der Waals surface area contributed by atoms with Gasteiger partial charge in [-0.25, -0.2) is 8.42 Å². The maximum Gasteiger partial charge on any atom is 0.232 e. The lowest BCUT2D eigenvalue weighted by atomic mass is 10.3. The summed E-state index contributed by atoms with van der Waals surface area (Å²) in [5.41, 5.74) is 1.37. The number of hydrogen-bond donors (Lipinski definition) is 2. The molecule has 1 rings (SSSR count). The molecule has 0 spiro atoms. The Hall–Kier alpha value is -1.08. The van der Waals surface area contributed by atoms with Gasteiger partial charge in [0.2, 0.25) is 10.0 Å². The molecule has 0 aromatic carbocycles. The van der Waals surface area contributed by atoms with Crippen LogP contribution in [0.3, 0.4) is 0 Å². The smallest absolute Gasteiger partial charge is 0.232 e. The molecular formula is C13H26N4O2S. The summed E-state index contributed by atoms with van der Waals surface area (Å²) in [5.74, 6) is 0.152. The highest BCUT2D eigenvalue weighted by Gasteiger charge is 2.14. The summed E-state index contributed by atoms with van der Waals surface area (Å²) in [7, 11) is -1.49. The average molecular weight is 302 g/mol. The van der Waals surface area contributed by atoms with E-state index in [-0.39, 0.29) is 5.75 Å². The van der Waals surface area contributed by atoms with Crippen molar-refractivity contribution in [3.05, 3.63) is 11.9 Å². The molecule has 0 amide bonds. The van der Waals surface area contributed by atoms with E-state index in [1.54, 1.807) is 17.9 Å². The average Bonchev–Trinajstić information content (AvgIpc) is 2.73. The highest BCUT2D eigenvalue weighted by molar-refractivity contribution is 7.92. The third-order valence-corrected chi connectivity index (χ3v) is 4.31. The van der Waals surface area contributed by atoms with Gasteiger partial charge in [0.1, 0.15) is 0 Å². The van der Waals surface area contributed by atoms with Gasteiger partial charge in [-0.1, -0.05) is 13.8 Å². The van der Waals surface area contributed by atoms with Crippen LogP contribution < -0.4 is 10.0 Å². The zero-order chi connectivity index (χ0) is 15.0. The Labute approximate surface area is 122 Å². The van der Waals surface area contributed by atoms with Gasteiger partial charge in [0, 0.05) is 13.2 Å². The fraction of sp³-hybridized carbons (Fsp3) is 0.769. The van der Waals surface area contributed by atoms with Crippen LogP contribution >= 0.6 is 0 Å². The first-order chi connectivity index (χ1) is 9.48. The zero-order valence-corrected chi connectivity index (χ0v) is 13.5. The predicted octanol–water partition coefficient (Wildman–Crippen LogP) is 1.50. The van der Waals surface area contributed by atoms with Gasteiger partial charge in [0.25, 0.3) is 0 Å². The highest BCUT2D eigenvalue weighted by atomic mass is 32.2. The molecule has 1 aromatic rings. The third kappa shape index (κ3) is 5.92. The van der Waals surface area contributed by atoms with Crippen LogP contribution in [0.4, 0.5) is 5.69 Å². The van der Waals surface area contributed by atoms with Gasteiger partial charge in [-0.3, -0.25) is 9.40 Å². The molecule has 0 saturated carbocycles. The molecular weight excluding hydrogens is 276 g/mol. The summed E-state index contributed by atoms with van der Waals surface area (Å²) in [6.45, 7) is 5.93. The van der Waals surface area contributed by atoms with Crippen molar-refractivity contribution >= 4 is 15.7 Å². The lowest BCUT2D eigenvalue weighted by molar-refractivity contribution is 0.590. The Morgan fingerprint density at radius 2 is 2.00 bits per heavy atom. The quantitative estimate of drug-likeness (QED) is 0.642. The van der Waals surface area contributed by atoms with Crippen molar-refractivity contribution < 1.29 is 8.42 Å². The van der Waals surface area contributed by atoms with Gasteiger partial charge >= 0.3 is 0 Å². The number of nitrogens with zero attached hydrogens (tertiary/aromatic N) is 2. The molecule has 0 atom stereocenters. The van der Waals surface area contributed by atoms with E-state index < -0.39 is 10.0 Å². The molecule has 0 fully saturated rings. The fourth-order valence-corrected chi connectivity index (χ4v) is 3.14. The maximum atomic E-state index is 12.0. The van der Waals surface area contributed by atoms with E-state index in [0.29, 0.717) is 18.5 Å². The lowest BCUT2D eigenvalue weighted by Crippen LogP contribution is -2.20. The summed E-state index contributed by atoms with van der Waals surface area (Å²) in [6, 6.07) is 0. The topological polar surface area (TPSA) is 76.0 Å². The van der Waals surface area contributed by atoms with Gasteiger partial charge in [0.15, 0.2) is 0 Å². The number of hydrogen-bond acceptors (Lipinski definition) is 4. The molecule has 0 aliphatic carbocycles. The summed E-state index contributed by atoms with van der Waals surface area (Å²) in [5, 5.41) is 7.49. The SMILES string of the molecule is CCCNCCCCS(=O)(=O)Nc1cn(C)nc1CC. The van der Waals surface area contributed by atoms with Crippen molar-refractivity contribution in [1.82, 2.24) is 15.1 Å². The summed E-state index contributed by atoms with van der Waals surface area (Å²) in [4.78, 5) is 0. The number of sulfonamides is 1. The largest absolute Gasteiger partial charge is 0.317 e. The van der Waals surface area contributed by atoms with Gasteiger partial charge < -0.3 is 5.32 Å². The second-order valence-corrected chi connectivity index (χ2v) is 6.74. The van der Waals surface area contributed by atoms with E-state index in [1.807, 2.05) is 6.92 Å². The molecule has 0 bridgehead atoms. The van der Waals surface area contributed by atoms with E-state index in [0.717, 1.165) is 31.6 Å². The van der Waals surface area contributed by atoms with Crippen LogP contribution in [0, 0.1) is 0 Å². The Bertz CT molecular complexity index is 496. The summed E-state index contributed by atoms with van der Waals surface area (Å²) >= 11 is 0. The monoisotopic (exact) mass is 302 g/mol. The van der Waals surface area contributed by atoms with E-state index in [2.05, 4.69) is 22.1 Å². The second kappa shape index (κ2) is 8.26. The summed E-state index contributed by atoms with van der Waals surface area (Å²) < 4.78 is 28.3. The molecule has 1 aromatic heterocycles. The molecule has 20 heavy (non-hydrogen) atoms. The molecule has 7 heteroatoms. The third-order valence-electron chi connectivity index (χ3n) is 2.95. The highest BCUT2D eigenvalue weighted by Crippen LogP contribution is 2.15. The zero-order valence-electron chi connectivity index (χ0n) is 12.6. The predicted molar refractivity (Wildman–Crippen MR) is 82.4 cm³/mol. The van der Waals surface area contributed by atoms with Crippen molar-refractivity contribution in [1.29, 1.82) is 0 Å². The van der Waals surface area contributed by atoms with Crippen LogP contribution in [0.5, 0.6) is 0 Å². The number of nitrogens with one attached hydrogen (secondary N) is 2. The van der Waals surface area contributed by atoms with Crippen LogP contribution in [0.1, 0.15) is 38.8 Å². The van der Waals surface area contributed by atoms with Gasteiger partial charge in [-0.05, 0) is 38.8 Å². The van der Waals surface area contributed by atoms with Crippen molar-refractivity contribution in [3.8, 4) is 0 Å². The number of aromatic nitrogens is 2. The fourth-order valence-electron chi connectivity index (χ4n) is 1.94. The van der Waals surface area contributed by atoms with E-state index in [4.69, 9.17) is 0 Å². The van der Waals surface area contributed by atoms with Crippen LogP contribution in [0.15, 0.2) is 6.20 Å². The van der Waals surface area contributed by atoms with Crippen molar-refractivity contribution in [2.75, 3.05) is 23.6 Å². The van der Waals surface area contributed by atoms with E-state index in [9.17, 15) is 8.42 Å². The van der Waals surface area contributed by atoms with Crippen molar-refractivity contribution in [2.45, 2.75) is 39.5 Å². The molecule has 0 unspecified atom stereocenters. The van der Waals surface area contributed by atoms with Gasteiger partial charge in [-0.2, -0.15) is 5.10 Å². The number of rotatable bonds is 10. The minimum Gasteiger partial charge on any atom is -0.317 e. The normalized spacial score (nSPS) is 11.8. The number of anilines is 1. The first kappa shape index (κ1) is 17.0. The van der Waals surface area contributed by atoms with Crippen LogP contribution in [0.2, 0.25) is 0 Å². The van der Waals surface area contributed by atoms with E-state index >= 15 is 0 Å². The van der Waals surface area contributed by atoms with Crippen LogP contribution in [-0.2, 0) is 23.5 Å². The van der Waals surface area contributed by atoms with Crippen molar-refractivity contribution in [2.24, 2.45) is 7.05 Å². The maximum absolute atomic E-state index is 12.0. The van der Waals surface area contributed by atoms with Crippen LogP contribution in [-0.4, -0.2) is 37.0 Å². The van der Waals surface area contributed by atoms with E-state index in [1.165, 1.54) is 0 Å². The van der Waals surface area contributed by atoms with Gasteiger partial charge in [-0.15, -0.1) is 0 Å². The number of unbranched alkanes of at least 4 members (excludes halogenated alkanes) is 1. The molecule has 0 saturated heterocycles. The number of aryl methyl sites for hydroxylation is 2. The molecule has 116 valence electrons. The van der Waals surface area contributed by atoms with Gasteiger partial charge in [0.05, 0.1) is 17.1 Å². The Morgan fingerprint density at radius 1 is 1.25 bits per heavy atom. The molecule has 1 heterocycles. The Kier molecular flexibility index (Phi) is 7.01. The second-order valence-electron chi connectivity index (χ2n) is 4.89. The Balaban J connectivity index is 2.41. The molecule has 0 aliphatic rings. The molecule has 2 N–H and O–H groups in total. The first-order valence-electron chi connectivity index (χ1n) is 7.22. The molecule has 0 radical (unpaired) electrons. The Morgan fingerprint density at radius 3 is 2.65 bits per heavy atom. The minimum absolute atomic E-state index is 0.152.